The van der Waals surface area contributed by atoms with E-state index in [1.807, 2.05) is 0 Å². The lowest BCUT2D eigenvalue weighted by Crippen LogP contribution is -2.37. The molecule has 0 aromatic rings. The van der Waals surface area contributed by atoms with Crippen molar-refractivity contribution in [1.29, 1.82) is 0 Å². The Labute approximate surface area is 161 Å². The summed E-state index contributed by atoms with van der Waals surface area (Å²) in [5, 5.41) is 21.3. The summed E-state index contributed by atoms with van der Waals surface area (Å²) in [6.45, 7) is 9.84. The zero-order valence-electron chi connectivity index (χ0n) is 16.6. The van der Waals surface area contributed by atoms with Crippen molar-refractivity contribution in [2.45, 2.75) is 25.9 Å². The molecule has 0 aliphatic carbocycles. The van der Waals surface area contributed by atoms with Gasteiger partial charge in [0, 0.05) is 13.0 Å². The van der Waals surface area contributed by atoms with Crippen LogP contribution in [-0.4, -0.2) is 81.9 Å². The van der Waals surface area contributed by atoms with E-state index in [1.54, 1.807) is 0 Å². The number of carbonyl (C=O) groups is 2. The molecule has 0 bridgehead atoms. The van der Waals surface area contributed by atoms with Gasteiger partial charge in [0.2, 0.25) is 5.91 Å². The summed E-state index contributed by atoms with van der Waals surface area (Å²) < 4.78 is 30.6. The minimum atomic E-state index is -4.16. The Kier molecular flexibility index (Phi) is 17.0. The molecule has 0 rings (SSSR count). The highest BCUT2D eigenvalue weighted by molar-refractivity contribution is 7.80. The molecule has 0 aromatic heterocycles. The molecular formula is C16H32N2O8S. The van der Waals surface area contributed by atoms with Gasteiger partial charge in [-0.3, -0.25) is 13.5 Å². The van der Waals surface area contributed by atoms with Gasteiger partial charge in [-0.1, -0.05) is 13.2 Å². The van der Waals surface area contributed by atoms with Gasteiger partial charge in [-0.25, -0.2) is 0 Å². The molecule has 0 spiro atoms. The second-order valence-corrected chi connectivity index (χ2v) is 7.59. The highest BCUT2D eigenvalue weighted by Crippen LogP contribution is 1.99. The van der Waals surface area contributed by atoms with Crippen molar-refractivity contribution in [3.05, 3.63) is 24.8 Å². The Bertz CT molecular complexity index is 565. The Balaban J connectivity index is -0.000000340. The van der Waals surface area contributed by atoms with Crippen LogP contribution < -0.4 is 10.4 Å². The summed E-state index contributed by atoms with van der Waals surface area (Å²) in [5.74, 6) is -1.38. The molecule has 0 aliphatic heterocycles. The number of rotatable bonds is 9. The van der Waals surface area contributed by atoms with Crippen molar-refractivity contribution in [2.75, 3.05) is 41.3 Å². The number of nitrogens with zero attached hydrogens (tertiary/aromatic N) is 1. The Morgan fingerprint density at radius 2 is 1.78 bits per heavy atom. The number of quaternary nitrogens is 1. The van der Waals surface area contributed by atoms with Gasteiger partial charge < -0.3 is 24.8 Å². The monoisotopic (exact) mass is 412 g/mol. The number of carbonyl (C=O) groups excluding carboxylic acids is 2. The highest BCUT2D eigenvalue weighted by Gasteiger charge is 2.05. The Hall–Kier alpha value is -1.79. The van der Waals surface area contributed by atoms with E-state index in [0.717, 1.165) is 31.1 Å². The van der Waals surface area contributed by atoms with Crippen molar-refractivity contribution in [2.24, 2.45) is 0 Å². The molecular weight excluding hydrogens is 380 g/mol. The molecule has 0 saturated carbocycles. The van der Waals surface area contributed by atoms with E-state index in [0.29, 0.717) is 0 Å². The van der Waals surface area contributed by atoms with Crippen LogP contribution in [0.1, 0.15) is 19.8 Å². The number of aliphatic hydroxyl groups excluding tert-OH is 1. The third-order valence-electron chi connectivity index (χ3n) is 2.53. The topological polar surface area (TPSA) is 153 Å². The number of hydrogen-bond acceptors (Lipinski definition) is 7. The van der Waals surface area contributed by atoms with Gasteiger partial charge in [0.15, 0.2) is 0 Å². The Morgan fingerprint density at radius 1 is 1.33 bits per heavy atom. The van der Waals surface area contributed by atoms with Crippen molar-refractivity contribution in [3.8, 4) is 0 Å². The first-order valence-corrected chi connectivity index (χ1v) is 9.23. The Morgan fingerprint density at radius 3 is 2.00 bits per heavy atom. The van der Waals surface area contributed by atoms with E-state index in [4.69, 9.17) is 9.66 Å². The van der Waals surface area contributed by atoms with Gasteiger partial charge in [0.05, 0.1) is 46.9 Å². The first kappa shape index (κ1) is 30.0. The van der Waals surface area contributed by atoms with E-state index < -0.39 is 22.5 Å². The lowest BCUT2D eigenvalue weighted by Gasteiger charge is -2.23. The molecule has 0 aliphatic rings. The zero-order valence-corrected chi connectivity index (χ0v) is 17.4. The number of carboxylic acids is 1. The van der Waals surface area contributed by atoms with Gasteiger partial charge in [0.1, 0.15) is 0 Å². The normalized spacial score (nSPS) is 11.7. The largest absolute Gasteiger partial charge is 0.545 e. The van der Waals surface area contributed by atoms with Gasteiger partial charge in [0.25, 0.3) is 0 Å². The van der Waals surface area contributed by atoms with Crippen LogP contribution in [0.4, 0.5) is 0 Å². The van der Waals surface area contributed by atoms with Crippen LogP contribution >= 0.6 is 0 Å². The van der Waals surface area contributed by atoms with Crippen LogP contribution in [-0.2, 0) is 24.2 Å². The molecule has 0 heterocycles. The van der Waals surface area contributed by atoms with E-state index >= 15 is 0 Å². The molecule has 0 saturated heterocycles. The third kappa shape index (κ3) is 32.4. The zero-order chi connectivity index (χ0) is 22.3. The number of hydrogen-bond donors (Lipinski definition) is 3. The number of nitrogens with one attached hydrogen (secondary N) is 1. The van der Waals surface area contributed by atoms with Gasteiger partial charge in [-0.2, -0.15) is 8.42 Å². The van der Waals surface area contributed by atoms with Crippen LogP contribution in [0.15, 0.2) is 24.8 Å². The van der Waals surface area contributed by atoms with Crippen LogP contribution in [0.3, 0.4) is 0 Å². The SMILES string of the molecule is C=C(CC(C)O)C(=O)[O-].C=CC(=O)NCCC[N+](C)(C)C.COS(=O)(=O)O. The standard InChI is InChI=1S/C9H18N2O.C6H10O3.CH4O4S/c1-5-9(12)10-7-6-8-11(2,3)4;1-4(6(8)9)3-5(2)7;1-5-6(2,3)4/h5H,1,6-8H2,2-4H3;5,7H,1,3H2,2H3,(H,8,9);1H3,(H,2,3,4). The van der Waals surface area contributed by atoms with Gasteiger partial charge in [-0.15, -0.1) is 0 Å². The summed E-state index contributed by atoms with van der Waals surface area (Å²) in [5.41, 5.74) is -0.0648. The first-order valence-electron chi connectivity index (χ1n) is 7.86. The van der Waals surface area contributed by atoms with Crippen LogP contribution in [0, 0.1) is 0 Å². The molecule has 3 N–H and O–H groups in total. The smallest absolute Gasteiger partial charge is 0.397 e. The summed E-state index contributed by atoms with van der Waals surface area (Å²) in [6.07, 6.45) is 1.72. The average molecular weight is 413 g/mol. The predicted octanol–water partition coefficient (Wildman–Crippen LogP) is -1.12. The molecule has 10 nitrogen and oxygen atoms in total. The number of carboxylic acid groups (broad SMARTS) is 1. The average Bonchev–Trinajstić information content (AvgIpc) is 2.50. The van der Waals surface area contributed by atoms with Gasteiger partial charge >= 0.3 is 10.4 Å². The van der Waals surface area contributed by atoms with Crippen LogP contribution in [0.2, 0.25) is 0 Å². The minimum Gasteiger partial charge on any atom is -0.545 e. The van der Waals surface area contributed by atoms with Crippen LogP contribution in [0.25, 0.3) is 0 Å². The highest BCUT2D eigenvalue weighted by atomic mass is 32.3. The van der Waals surface area contributed by atoms with Crippen molar-refractivity contribution >= 4 is 22.3 Å². The van der Waals surface area contributed by atoms with E-state index in [1.165, 1.54) is 13.0 Å². The second-order valence-electron chi connectivity index (χ2n) is 6.40. The van der Waals surface area contributed by atoms with Crippen molar-refractivity contribution in [3.63, 3.8) is 0 Å². The summed E-state index contributed by atoms with van der Waals surface area (Å²) in [7, 11) is 3.11. The van der Waals surface area contributed by atoms with Crippen molar-refractivity contribution < 1.29 is 41.4 Å². The molecule has 27 heavy (non-hydrogen) atoms. The predicted molar refractivity (Wildman–Crippen MR) is 99.7 cm³/mol. The van der Waals surface area contributed by atoms with Crippen LogP contribution in [0.5, 0.6) is 0 Å². The quantitative estimate of drug-likeness (QED) is 0.186. The molecule has 0 aromatic carbocycles. The maximum Gasteiger partial charge on any atom is 0.397 e. The van der Waals surface area contributed by atoms with E-state index in [-0.39, 0.29) is 17.9 Å². The number of amides is 1. The fraction of sp³-hybridized carbons (Fsp3) is 0.625. The maximum atomic E-state index is 10.7. The molecule has 1 amide bonds. The fourth-order valence-electron chi connectivity index (χ4n) is 1.28. The third-order valence-corrected chi connectivity index (χ3v) is 2.95. The number of aliphatic carboxylic acids is 1. The molecule has 0 radical (unpaired) electrons. The lowest BCUT2D eigenvalue weighted by molar-refractivity contribution is -0.870. The minimum absolute atomic E-state index is 0.0648. The fourth-order valence-corrected chi connectivity index (χ4v) is 1.28. The van der Waals surface area contributed by atoms with Crippen molar-refractivity contribution in [1.82, 2.24) is 5.32 Å². The number of aliphatic hydroxyl groups is 1. The van der Waals surface area contributed by atoms with Gasteiger partial charge in [-0.05, 0) is 25.0 Å². The molecule has 1 unspecified atom stereocenters. The summed E-state index contributed by atoms with van der Waals surface area (Å²) in [4.78, 5) is 20.6. The van der Waals surface area contributed by atoms with E-state index in [2.05, 4.69) is 43.8 Å². The summed E-state index contributed by atoms with van der Waals surface area (Å²) >= 11 is 0. The first-order chi connectivity index (χ1) is 12.1. The maximum absolute atomic E-state index is 10.7. The molecule has 11 heteroatoms. The summed E-state index contributed by atoms with van der Waals surface area (Å²) in [6, 6.07) is 0. The molecule has 160 valence electrons. The van der Waals surface area contributed by atoms with E-state index in [9.17, 15) is 23.1 Å². The molecule has 0 fully saturated rings. The lowest BCUT2D eigenvalue weighted by atomic mass is 10.1. The second kappa shape index (κ2) is 15.3. The molecule has 1 atom stereocenters.